The predicted octanol–water partition coefficient (Wildman–Crippen LogP) is 4.01. The molecule has 0 saturated carbocycles. The van der Waals surface area contributed by atoms with E-state index in [9.17, 15) is 0 Å². The lowest BCUT2D eigenvalue weighted by atomic mass is 10.1. The topological polar surface area (TPSA) is 42.5 Å². The molecular formula is C19H24N2O2S. The largest absolute Gasteiger partial charge is 0.497 e. The molecule has 0 amide bonds. The van der Waals surface area contributed by atoms with Gasteiger partial charge >= 0.3 is 0 Å². The van der Waals surface area contributed by atoms with Gasteiger partial charge in [-0.05, 0) is 73.9 Å². The minimum Gasteiger partial charge on any atom is -0.497 e. The van der Waals surface area contributed by atoms with Gasteiger partial charge in [0, 0.05) is 12.2 Å². The standard InChI is InChI=1S/C19H24N2O2S/c1-3-23-18-12-8-16(9-13-18)21-19(24)20-14-4-5-15-6-10-17(22-2)11-7-15/h6-13H,3-5,14H2,1-2H3,(H2,20,21,24). The quantitative estimate of drug-likeness (QED) is 0.559. The van der Waals surface area contributed by atoms with E-state index in [1.165, 1.54) is 5.56 Å². The molecule has 0 aromatic heterocycles. The van der Waals surface area contributed by atoms with Gasteiger partial charge in [0.2, 0.25) is 0 Å². The van der Waals surface area contributed by atoms with E-state index in [0.717, 1.165) is 36.6 Å². The van der Waals surface area contributed by atoms with Crippen molar-refractivity contribution in [2.24, 2.45) is 0 Å². The first-order valence-electron chi connectivity index (χ1n) is 8.12. The molecule has 0 unspecified atom stereocenters. The minimum atomic E-state index is 0.633. The maximum absolute atomic E-state index is 5.42. The van der Waals surface area contributed by atoms with Crippen molar-refractivity contribution < 1.29 is 9.47 Å². The summed E-state index contributed by atoms with van der Waals surface area (Å²) in [5.74, 6) is 1.75. The van der Waals surface area contributed by atoms with E-state index in [4.69, 9.17) is 21.7 Å². The molecule has 0 aliphatic heterocycles. The SMILES string of the molecule is CCOc1ccc(NC(=S)NCCCc2ccc(OC)cc2)cc1. The van der Waals surface area contributed by atoms with E-state index < -0.39 is 0 Å². The third kappa shape index (κ3) is 6.08. The summed E-state index contributed by atoms with van der Waals surface area (Å²) < 4.78 is 10.6. The molecule has 5 heteroatoms. The lowest BCUT2D eigenvalue weighted by Gasteiger charge is -2.11. The second-order valence-corrected chi connectivity index (χ2v) is 5.70. The molecule has 2 N–H and O–H groups in total. The summed E-state index contributed by atoms with van der Waals surface area (Å²) in [4.78, 5) is 0. The maximum Gasteiger partial charge on any atom is 0.170 e. The van der Waals surface area contributed by atoms with Crippen LogP contribution in [-0.4, -0.2) is 25.4 Å². The number of nitrogens with one attached hydrogen (secondary N) is 2. The number of rotatable bonds is 8. The van der Waals surface area contributed by atoms with Crippen LogP contribution in [0, 0.1) is 0 Å². The predicted molar refractivity (Wildman–Crippen MR) is 103 cm³/mol. The Kier molecular flexibility index (Phi) is 7.36. The van der Waals surface area contributed by atoms with E-state index >= 15 is 0 Å². The first kappa shape index (κ1) is 18.1. The molecule has 0 spiro atoms. The van der Waals surface area contributed by atoms with Gasteiger partial charge in [0.1, 0.15) is 11.5 Å². The summed E-state index contributed by atoms with van der Waals surface area (Å²) in [7, 11) is 1.68. The molecule has 0 fully saturated rings. The van der Waals surface area contributed by atoms with Crippen molar-refractivity contribution in [3.05, 3.63) is 54.1 Å². The summed E-state index contributed by atoms with van der Waals surface area (Å²) in [6.45, 7) is 3.47. The highest BCUT2D eigenvalue weighted by molar-refractivity contribution is 7.80. The Bertz CT molecular complexity index is 627. The Balaban J connectivity index is 1.67. The number of ether oxygens (including phenoxy) is 2. The first-order valence-corrected chi connectivity index (χ1v) is 8.52. The molecule has 2 aromatic rings. The van der Waals surface area contributed by atoms with Crippen molar-refractivity contribution in [1.82, 2.24) is 5.32 Å². The molecule has 0 aliphatic rings. The fraction of sp³-hybridized carbons (Fsp3) is 0.316. The smallest absolute Gasteiger partial charge is 0.170 e. The fourth-order valence-corrected chi connectivity index (χ4v) is 2.48. The molecule has 24 heavy (non-hydrogen) atoms. The lowest BCUT2D eigenvalue weighted by Crippen LogP contribution is -2.29. The van der Waals surface area contributed by atoms with Gasteiger partial charge in [-0.3, -0.25) is 0 Å². The molecular weight excluding hydrogens is 320 g/mol. The van der Waals surface area contributed by atoms with Crippen molar-refractivity contribution in [3.63, 3.8) is 0 Å². The number of hydrogen-bond donors (Lipinski definition) is 2. The van der Waals surface area contributed by atoms with E-state index in [1.807, 2.05) is 43.3 Å². The molecule has 2 rings (SSSR count). The van der Waals surface area contributed by atoms with Crippen molar-refractivity contribution in [3.8, 4) is 11.5 Å². The van der Waals surface area contributed by atoms with Crippen molar-refractivity contribution in [2.45, 2.75) is 19.8 Å². The van der Waals surface area contributed by atoms with Gasteiger partial charge in [-0.1, -0.05) is 12.1 Å². The van der Waals surface area contributed by atoms with Crippen LogP contribution in [0.2, 0.25) is 0 Å². The normalized spacial score (nSPS) is 10.1. The van der Waals surface area contributed by atoms with Crippen LogP contribution in [-0.2, 0) is 6.42 Å². The second kappa shape index (κ2) is 9.78. The lowest BCUT2D eigenvalue weighted by molar-refractivity contribution is 0.340. The number of anilines is 1. The van der Waals surface area contributed by atoms with Crippen molar-refractivity contribution in [2.75, 3.05) is 25.6 Å². The van der Waals surface area contributed by atoms with Gasteiger partial charge in [0.25, 0.3) is 0 Å². The van der Waals surface area contributed by atoms with Gasteiger partial charge in [0.05, 0.1) is 13.7 Å². The zero-order valence-corrected chi connectivity index (χ0v) is 15.0. The van der Waals surface area contributed by atoms with Gasteiger partial charge < -0.3 is 20.1 Å². The monoisotopic (exact) mass is 344 g/mol. The average molecular weight is 344 g/mol. The van der Waals surface area contributed by atoms with Gasteiger partial charge in [-0.25, -0.2) is 0 Å². The van der Waals surface area contributed by atoms with Crippen LogP contribution >= 0.6 is 12.2 Å². The van der Waals surface area contributed by atoms with Crippen LogP contribution in [0.15, 0.2) is 48.5 Å². The third-order valence-electron chi connectivity index (χ3n) is 3.51. The average Bonchev–Trinajstić information content (AvgIpc) is 2.61. The van der Waals surface area contributed by atoms with E-state index in [-0.39, 0.29) is 0 Å². The van der Waals surface area contributed by atoms with Crippen LogP contribution in [0.4, 0.5) is 5.69 Å². The van der Waals surface area contributed by atoms with Crippen LogP contribution < -0.4 is 20.1 Å². The van der Waals surface area contributed by atoms with Crippen LogP contribution in [0.3, 0.4) is 0 Å². The highest BCUT2D eigenvalue weighted by atomic mass is 32.1. The van der Waals surface area contributed by atoms with Crippen LogP contribution in [0.5, 0.6) is 11.5 Å². The fourth-order valence-electron chi connectivity index (χ4n) is 2.26. The Hall–Kier alpha value is -2.27. The van der Waals surface area contributed by atoms with Gasteiger partial charge in [-0.2, -0.15) is 0 Å². The Labute approximate surface area is 149 Å². The molecule has 128 valence electrons. The van der Waals surface area contributed by atoms with E-state index in [0.29, 0.717) is 11.7 Å². The number of thiocarbonyl (C=S) groups is 1. The minimum absolute atomic E-state index is 0.633. The molecule has 0 aliphatic carbocycles. The Morgan fingerprint density at radius 3 is 2.29 bits per heavy atom. The summed E-state index contributed by atoms with van der Waals surface area (Å²) in [5, 5.41) is 7.03. The second-order valence-electron chi connectivity index (χ2n) is 5.29. The van der Waals surface area contributed by atoms with Crippen molar-refractivity contribution in [1.29, 1.82) is 0 Å². The summed E-state index contributed by atoms with van der Waals surface area (Å²) >= 11 is 5.31. The number of methoxy groups -OCH3 is 1. The maximum atomic E-state index is 5.42. The summed E-state index contributed by atoms with van der Waals surface area (Å²) in [6, 6.07) is 15.9. The van der Waals surface area contributed by atoms with Gasteiger partial charge in [-0.15, -0.1) is 0 Å². The molecule has 0 atom stereocenters. The molecule has 2 aromatic carbocycles. The van der Waals surface area contributed by atoms with Gasteiger partial charge in [0.15, 0.2) is 5.11 Å². The van der Waals surface area contributed by atoms with Crippen LogP contribution in [0.1, 0.15) is 18.9 Å². The number of aryl methyl sites for hydroxylation is 1. The molecule has 0 bridgehead atoms. The number of benzene rings is 2. The van der Waals surface area contributed by atoms with Crippen molar-refractivity contribution >= 4 is 23.0 Å². The molecule has 4 nitrogen and oxygen atoms in total. The zero-order valence-electron chi connectivity index (χ0n) is 14.2. The summed E-state index contributed by atoms with van der Waals surface area (Å²) in [5.41, 5.74) is 2.24. The third-order valence-corrected chi connectivity index (χ3v) is 3.76. The molecule has 0 heterocycles. The van der Waals surface area contributed by atoms with E-state index in [2.05, 4.69) is 22.8 Å². The van der Waals surface area contributed by atoms with Crippen LogP contribution in [0.25, 0.3) is 0 Å². The highest BCUT2D eigenvalue weighted by Crippen LogP contribution is 2.15. The Morgan fingerprint density at radius 1 is 1.00 bits per heavy atom. The van der Waals surface area contributed by atoms with E-state index in [1.54, 1.807) is 7.11 Å². The zero-order chi connectivity index (χ0) is 17.2. The molecule has 0 radical (unpaired) electrons. The number of hydrogen-bond acceptors (Lipinski definition) is 3. The molecule has 0 saturated heterocycles. The highest BCUT2D eigenvalue weighted by Gasteiger charge is 1.99. The first-order chi connectivity index (χ1) is 11.7. The summed E-state index contributed by atoms with van der Waals surface area (Å²) in [6.07, 6.45) is 2.01. The Morgan fingerprint density at radius 2 is 1.67 bits per heavy atom.